The minimum atomic E-state index is -0.531. The lowest BCUT2D eigenvalue weighted by atomic mass is 11.2. The quantitative estimate of drug-likeness (QED) is 0.311. The molecular weight excluding hydrogens is 138 g/mol. The van der Waals surface area contributed by atoms with Crippen LogP contribution in [0.1, 0.15) is 0 Å². The van der Waals surface area contributed by atoms with E-state index in [0.29, 0.717) is 0 Å². The van der Waals surface area contributed by atoms with Gasteiger partial charge in [0.1, 0.15) is 12.5 Å². The van der Waals surface area contributed by atoms with Crippen LogP contribution in [0.2, 0.25) is 0 Å². The molecule has 0 aliphatic carbocycles. The van der Waals surface area contributed by atoms with Crippen molar-refractivity contribution in [2.24, 2.45) is 4.99 Å². The molecule has 0 atom stereocenters. The summed E-state index contributed by atoms with van der Waals surface area (Å²) in [4.78, 5) is 13.8. The van der Waals surface area contributed by atoms with Gasteiger partial charge in [0.2, 0.25) is 5.55 Å². The van der Waals surface area contributed by atoms with E-state index in [4.69, 9.17) is 0 Å². The molecular formula is C5H10NO2S+. The molecule has 0 heterocycles. The van der Waals surface area contributed by atoms with Gasteiger partial charge in [-0.1, -0.05) is 0 Å². The molecule has 4 heteroatoms. The molecule has 0 aromatic carbocycles. The molecule has 0 saturated heterocycles. The minimum Gasteiger partial charge on any atom is -0.451 e. The Morgan fingerprint density at radius 2 is 2.22 bits per heavy atom. The Kier molecular flexibility index (Phi) is 4.13. The number of amides is 1. The van der Waals surface area contributed by atoms with E-state index in [-0.39, 0.29) is 10.9 Å². The first-order valence-electron chi connectivity index (χ1n) is 2.35. The average molecular weight is 148 g/mol. The van der Waals surface area contributed by atoms with E-state index < -0.39 is 6.09 Å². The maximum absolute atomic E-state index is 10.3. The highest BCUT2D eigenvalue weighted by atomic mass is 32.2. The molecule has 0 spiro atoms. The number of nitrogens with zero attached hydrogens (tertiary/aromatic N) is 1. The fourth-order valence-corrected chi connectivity index (χ4v) is 0.498. The minimum absolute atomic E-state index is 0.0698. The maximum atomic E-state index is 10.3. The largest absolute Gasteiger partial charge is 0.451 e. The van der Waals surface area contributed by atoms with E-state index in [1.807, 2.05) is 12.5 Å². The van der Waals surface area contributed by atoms with Gasteiger partial charge in [-0.2, -0.15) is 0 Å². The fourth-order valence-electron chi connectivity index (χ4n) is 0.201. The second-order valence-electron chi connectivity index (χ2n) is 1.58. The fraction of sp³-hybridized carbons (Fsp3) is 0.600. The van der Waals surface area contributed by atoms with E-state index >= 15 is 0 Å². The summed E-state index contributed by atoms with van der Waals surface area (Å²) in [5.41, 5.74) is 1.58. The van der Waals surface area contributed by atoms with Crippen molar-refractivity contribution in [3.05, 3.63) is 0 Å². The molecule has 0 radical (unpaired) electrons. The monoisotopic (exact) mass is 148 g/mol. The summed E-state index contributed by atoms with van der Waals surface area (Å²) < 4.78 is 4.27. The second kappa shape index (κ2) is 4.38. The predicted molar refractivity (Wildman–Crippen MR) is 40.1 cm³/mol. The molecule has 0 N–H and O–H groups in total. The molecule has 52 valence electrons. The third-order valence-corrected chi connectivity index (χ3v) is 1.07. The van der Waals surface area contributed by atoms with E-state index in [2.05, 4.69) is 9.73 Å². The first-order chi connectivity index (χ1) is 4.16. The highest BCUT2D eigenvalue weighted by molar-refractivity contribution is 8.08. The van der Waals surface area contributed by atoms with Crippen LogP contribution in [0, 0.1) is 0 Å². The summed E-state index contributed by atoms with van der Waals surface area (Å²) in [6.07, 6.45) is 3.40. The van der Waals surface area contributed by atoms with Gasteiger partial charge in [-0.05, 0) is 0 Å². The SMILES string of the molecule is COC(=O)N=C[S+](C)C. The van der Waals surface area contributed by atoms with Gasteiger partial charge < -0.3 is 4.74 Å². The lowest BCUT2D eigenvalue weighted by Gasteiger charge is -1.85. The normalized spacial score (nSPS) is 10.7. The molecule has 9 heavy (non-hydrogen) atoms. The number of rotatable bonds is 1. The van der Waals surface area contributed by atoms with Crippen LogP contribution < -0.4 is 0 Å². The number of hydrogen-bond donors (Lipinski definition) is 0. The van der Waals surface area contributed by atoms with Crippen LogP contribution in [0.5, 0.6) is 0 Å². The van der Waals surface area contributed by atoms with Gasteiger partial charge in [-0.3, -0.25) is 0 Å². The van der Waals surface area contributed by atoms with Crippen LogP contribution in [0.15, 0.2) is 4.99 Å². The van der Waals surface area contributed by atoms with Crippen molar-refractivity contribution in [1.29, 1.82) is 0 Å². The van der Waals surface area contributed by atoms with Crippen molar-refractivity contribution in [2.75, 3.05) is 19.6 Å². The Balaban J connectivity index is 3.57. The Morgan fingerprint density at radius 3 is 2.56 bits per heavy atom. The summed E-state index contributed by atoms with van der Waals surface area (Å²) in [5, 5.41) is 0. The third kappa shape index (κ3) is 5.36. The van der Waals surface area contributed by atoms with Crippen molar-refractivity contribution in [2.45, 2.75) is 0 Å². The Morgan fingerprint density at radius 1 is 1.67 bits per heavy atom. The van der Waals surface area contributed by atoms with Gasteiger partial charge in [0, 0.05) is 10.9 Å². The number of carbonyl (C=O) groups is 1. The first kappa shape index (κ1) is 8.49. The van der Waals surface area contributed by atoms with Crippen LogP contribution in [0.25, 0.3) is 0 Å². The van der Waals surface area contributed by atoms with Crippen molar-refractivity contribution in [3.63, 3.8) is 0 Å². The van der Waals surface area contributed by atoms with Gasteiger partial charge in [0.25, 0.3) is 0 Å². The van der Waals surface area contributed by atoms with Gasteiger partial charge >= 0.3 is 6.09 Å². The summed E-state index contributed by atoms with van der Waals surface area (Å²) in [6.45, 7) is 0. The molecule has 0 bridgehead atoms. The zero-order chi connectivity index (χ0) is 7.28. The molecule has 0 rings (SSSR count). The van der Waals surface area contributed by atoms with Gasteiger partial charge in [0.05, 0.1) is 7.11 Å². The topological polar surface area (TPSA) is 38.7 Å². The number of hydrogen-bond acceptors (Lipinski definition) is 2. The van der Waals surface area contributed by atoms with Crippen molar-refractivity contribution < 1.29 is 9.53 Å². The van der Waals surface area contributed by atoms with Crippen LogP contribution in [0.4, 0.5) is 4.79 Å². The van der Waals surface area contributed by atoms with Crippen molar-refractivity contribution in [1.82, 2.24) is 0 Å². The molecule has 0 saturated carbocycles. The van der Waals surface area contributed by atoms with Crippen molar-refractivity contribution >= 4 is 22.5 Å². The first-order valence-corrected chi connectivity index (χ1v) is 4.45. The summed E-state index contributed by atoms with van der Waals surface area (Å²) >= 11 is 0. The van der Waals surface area contributed by atoms with Gasteiger partial charge in [-0.25, -0.2) is 4.79 Å². The standard InChI is InChI=1S/C5H10NO2S/c1-8-5(7)6-4-9(2)3/h4H,1-3H3/q+1. The summed E-state index contributed by atoms with van der Waals surface area (Å²) in [6, 6.07) is 0. The maximum Gasteiger partial charge on any atom is 0.437 e. The number of methoxy groups -OCH3 is 1. The van der Waals surface area contributed by atoms with E-state index in [1.54, 1.807) is 5.55 Å². The molecule has 0 aromatic heterocycles. The Hall–Kier alpha value is -0.510. The highest BCUT2D eigenvalue weighted by Gasteiger charge is 1.98. The zero-order valence-electron chi connectivity index (χ0n) is 5.75. The zero-order valence-corrected chi connectivity index (χ0v) is 6.57. The van der Waals surface area contributed by atoms with Crippen LogP contribution in [-0.4, -0.2) is 31.3 Å². The summed E-state index contributed by atoms with van der Waals surface area (Å²) in [5.74, 6) is 0. The van der Waals surface area contributed by atoms with E-state index in [9.17, 15) is 4.79 Å². The smallest absolute Gasteiger partial charge is 0.437 e. The number of aliphatic imine (C=N–C) groups is 1. The molecule has 0 aromatic rings. The highest BCUT2D eigenvalue weighted by Crippen LogP contribution is 1.81. The van der Waals surface area contributed by atoms with Crippen molar-refractivity contribution in [3.8, 4) is 0 Å². The molecule has 1 amide bonds. The van der Waals surface area contributed by atoms with E-state index in [1.165, 1.54) is 7.11 Å². The van der Waals surface area contributed by atoms with Crippen LogP contribution in [-0.2, 0) is 15.6 Å². The number of ether oxygens (including phenoxy) is 1. The Bertz CT molecular complexity index is 122. The lowest BCUT2D eigenvalue weighted by molar-refractivity contribution is 0.183. The lowest BCUT2D eigenvalue weighted by Crippen LogP contribution is -1.99. The van der Waals surface area contributed by atoms with E-state index in [0.717, 1.165) is 0 Å². The third-order valence-electron chi connectivity index (χ3n) is 0.544. The molecule has 0 fully saturated rings. The summed E-state index contributed by atoms with van der Waals surface area (Å²) in [7, 11) is 1.38. The molecule has 0 aliphatic rings. The number of carbonyl (C=O) groups excluding carboxylic acids is 1. The second-order valence-corrected chi connectivity index (χ2v) is 3.55. The predicted octanol–water partition coefficient (Wildman–Crippen LogP) is 0.659. The molecule has 3 nitrogen and oxygen atoms in total. The Labute approximate surface area is 57.5 Å². The average Bonchev–Trinajstić information content (AvgIpc) is 1.83. The molecule has 0 unspecified atom stereocenters. The van der Waals surface area contributed by atoms with Gasteiger partial charge in [0.15, 0.2) is 0 Å². The van der Waals surface area contributed by atoms with Crippen LogP contribution in [0.3, 0.4) is 0 Å². The molecule has 0 aliphatic heterocycles. The van der Waals surface area contributed by atoms with Crippen LogP contribution >= 0.6 is 0 Å². The van der Waals surface area contributed by atoms with Gasteiger partial charge in [-0.15, -0.1) is 4.99 Å².